The fourth-order valence-electron chi connectivity index (χ4n) is 1.61. The van der Waals surface area contributed by atoms with Crippen LogP contribution in [0, 0.1) is 0 Å². The Bertz CT molecular complexity index is 547. The van der Waals surface area contributed by atoms with Crippen molar-refractivity contribution in [1.82, 2.24) is 0 Å². The van der Waals surface area contributed by atoms with Gasteiger partial charge in [0.05, 0.1) is 13.0 Å². The summed E-state index contributed by atoms with van der Waals surface area (Å²) >= 11 is 17.0. The van der Waals surface area contributed by atoms with Crippen molar-refractivity contribution >= 4 is 50.5 Å². The van der Waals surface area contributed by atoms with E-state index in [1.165, 1.54) is 0 Å². The second kappa shape index (κ2) is 6.84. The average Bonchev–Trinajstić information content (AvgIpc) is 2.81. The van der Waals surface area contributed by atoms with Crippen LogP contribution in [0.3, 0.4) is 0 Å². The molecule has 0 saturated heterocycles. The van der Waals surface area contributed by atoms with Gasteiger partial charge in [-0.1, -0.05) is 11.6 Å². The average molecular weight is 382 g/mol. The maximum absolute atomic E-state index is 6.00. The largest absolute Gasteiger partial charge is 0.493 e. The molecule has 0 spiro atoms. The first kappa shape index (κ1) is 15.0. The van der Waals surface area contributed by atoms with Crippen LogP contribution in [0.4, 0.5) is 0 Å². The van der Waals surface area contributed by atoms with Crippen LogP contribution < -0.4 is 9.47 Å². The van der Waals surface area contributed by atoms with Gasteiger partial charge in [0.1, 0.15) is 6.61 Å². The minimum atomic E-state index is 0.320. The SMILES string of the molecule is COc1cc(Cl)cc(CCl)c1OCc1cc(Br)cs1. The topological polar surface area (TPSA) is 18.5 Å². The molecule has 0 unspecified atom stereocenters. The van der Waals surface area contributed by atoms with Crippen molar-refractivity contribution in [2.45, 2.75) is 12.5 Å². The summed E-state index contributed by atoms with van der Waals surface area (Å²) in [5.41, 5.74) is 0.821. The van der Waals surface area contributed by atoms with Crippen molar-refractivity contribution in [3.63, 3.8) is 0 Å². The maximum Gasteiger partial charge on any atom is 0.166 e. The normalized spacial score (nSPS) is 10.5. The summed E-state index contributed by atoms with van der Waals surface area (Å²) in [6, 6.07) is 5.53. The molecule has 102 valence electrons. The van der Waals surface area contributed by atoms with E-state index in [0.717, 1.165) is 14.9 Å². The van der Waals surface area contributed by atoms with Gasteiger partial charge in [-0.3, -0.25) is 0 Å². The number of halogens is 3. The van der Waals surface area contributed by atoms with E-state index < -0.39 is 0 Å². The Hall–Kier alpha value is -0.420. The lowest BCUT2D eigenvalue weighted by molar-refractivity contribution is 0.285. The third kappa shape index (κ3) is 3.78. The first-order valence-corrected chi connectivity index (χ1v) is 8.00. The van der Waals surface area contributed by atoms with Crippen molar-refractivity contribution in [3.8, 4) is 11.5 Å². The van der Waals surface area contributed by atoms with Crippen molar-refractivity contribution in [1.29, 1.82) is 0 Å². The van der Waals surface area contributed by atoms with Crippen LogP contribution in [-0.2, 0) is 12.5 Å². The minimum Gasteiger partial charge on any atom is -0.493 e. The Morgan fingerprint density at radius 1 is 1.32 bits per heavy atom. The number of alkyl halides is 1. The molecule has 0 aliphatic heterocycles. The van der Waals surface area contributed by atoms with Gasteiger partial charge in [0.2, 0.25) is 0 Å². The van der Waals surface area contributed by atoms with Gasteiger partial charge in [0, 0.05) is 31.4 Å². The van der Waals surface area contributed by atoms with E-state index in [0.29, 0.717) is 29.0 Å². The highest BCUT2D eigenvalue weighted by atomic mass is 79.9. The molecule has 0 radical (unpaired) electrons. The number of rotatable bonds is 5. The highest BCUT2D eigenvalue weighted by molar-refractivity contribution is 9.10. The minimum absolute atomic E-state index is 0.320. The zero-order valence-corrected chi connectivity index (χ0v) is 14.0. The van der Waals surface area contributed by atoms with Crippen molar-refractivity contribution < 1.29 is 9.47 Å². The molecule has 0 aliphatic carbocycles. The molecule has 0 fully saturated rings. The number of thiophene rings is 1. The molecule has 2 nitrogen and oxygen atoms in total. The van der Waals surface area contributed by atoms with E-state index in [1.807, 2.05) is 11.4 Å². The molecule has 0 amide bonds. The first-order valence-electron chi connectivity index (χ1n) is 5.42. The highest BCUT2D eigenvalue weighted by Crippen LogP contribution is 2.36. The molecule has 19 heavy (non-hydrogen) atoms. The molecular weight excluding hydrogens is 371 g/mol. The van der Waals surface area contributed by atoms with E-state index in [2.05, 4.69) is 15.9 Å². The summed E-state index contributed by atoms with van der Waals surface area (Å²) in [5.74, 6) is 1.56. The van der Waals surface area contributed by atoms with Gasteiger partial charge >= 0.3 is 0 Å². The summed E-state index contributed by atoms with van der Waals surface area (Å²) < 4.78 is 12.2. The Labute approximate surface area is 134 Å². The van der Waals surface area contributed by atoms with Gasteiger partial charge in [-0.15, -0.1) is 22.9 Å². The predicted molar refractivity (Wildman–Crippen MR) is 83.9 cm³/mol. The monoisotopic (exact) mass is 380 g/mol. The van der Waals surface area contributed by atoms with E-state index in [4.69, 9.17) is 32.7 Å². The molecule has 1 heterocycles. The molecule has 0 bridgehead atoms. The number of hydrogen-bond acceptors (Lipinski definition) is 3. The Kier molecular flexibility index (Phi) is 5.39. The molecule has 6 heteroatoms. The van der Waals surface area contributed by atoms with Crippen LogP contribution >= 0.6 is 50.5 Å². The van der Waals surface area contributed by atoms with E-state index in [1.54, 1.807) is 30.6 Å². The third-order valence-corrected chi connectivity index (χ3v) is 4.62. The van der Waals surface area contributed by atoms with Crippen LogP contribution in [0.25, 0.3) is 0 Å². The Balaban J connectivity index is 2.23. The zero-order chi connectivity index (χ0) is 13.8. The maximum atomic E-state index is 6.00. The molecule has 0 saturated carbocycles. The van der Waals surface area contributed by atoms with Crippen LogP contribution in [-0.4, -0.2) is 7.11 Å². The lowest BCUT2D eigenvalue weighted by Crippen LogP contribution is -1.99. The third-order valence-electron chi connectivity index (χ3n) is 2.44. The summed E-state index contributed by atoms with van der Waals surface area (Å²) in [5, 5.41) is 2.60. The molecule has 1 aromatic heterocycles. The van der Waals surface area contributed by atoms with Crippen LogP contribution in [0.15, 0.2) is 28.1 Å². The molecule has 2 rings (SSSR count). The number of ether oxygens (including phenoxy) is 2. The van der Waals surface area contributed by atoms with Gasteiger partial charge in [-0.05, 0) is 28.1 Å². The fraction of sp³-hybridized carbons (Fsp3) is 0.231. The Morgan fingerprint density at radius 3 is 2.68 bits per heavy atom. The second-order valence-corrected chi connectivity index (χ2v) is 6.36. The van der Waals surface area contributed by atoms with Gasteiger partial charge in [-0.25, -0.2) is 0 Å². The first-order chi connectivity index (χ1) is 9.13. The lowest BCUT2D eigenvalue weighted by Gasteiger charge is -2.14. The smallest absolute Gasteiger partial charge is 0.166 e. The Morgan fingerprint density at radius 2 is 2.11 bits per heavy atom. The number of methoxy groups -OCH3 is 1. The fourth-order valence-corrected chi connectivity index (χ4v) is 3.40. The van der Waals surface area contributed by atoms with E-state index >= 15 is 0 Å². The number of hydrogen-bond donors (Lipinski definition) is 0. The van der Waals surface area contributed by atoms with Crippen molar-refractivity contribution in [3.05, 3.63) is 43.5 Å². The van der Waals surface area contributed by atoms with Gasteiger partial charge in [-0.2, -0.15) is 0 Å². The van der Waals surface area contributed by atoms with Gasteiger partial charge in [0.25, 0.3) is 0 Å². The standard InChI is InChI=1S/C13H11BrCl2O2S/c1-17-12-4-10(16)2-8(5-15)13(12)18-6-11-3-9(14)7-19-11/h2-4,7H,5-6H2,1H3. The number of benzene rings is 1. The predicted octanol–water partition coefficient (Wildman–Crippen LogP) is 5.49. The molecular formula is C13H11BrCl2O2S. The van der Waals surface area contributed by atoms with Gasteiger partial charge < -0.3 is 9.47 Å². The lowest BCUT2D eigenvalue weighted by atomic mass is 10.2. The molecule has 0 N–H and O–H groups in total. The summed E-state index contributed by atoms with van der Waals surface area (Å²) in [6.07, 6.45) is 0. The van der Waals surface area contributed by atoms with E-state index in [-0.39, 0.29) is 0 Å². The van der Waals surface area contributed by atoms with E-state index in [9.17, 15) is 0 Å². The van der Waals surface area contributed by atoms with Crippen LogP contribution in [0.1, 0.15) is 10.4 Å². The summed E-state index contributed by atoms with van der Waals surface area (Å²) in [7, 11) is 1.58. The summed E-state index contributed by atoms with van der Waals surface area (Å²) in [4.78, 5) is 1.12. The van der Waals surface area contributed by atoms with Crippen LogP contribution in [0.5, 0.6) is 11.5 Å². The zero-order valence-electron chi connectivity index (χ0n) is 10.1. The van der Waals surface area contributed by atoms with Gasteiger partial charge in [0.15, 0.2) is 11.5 Å². The van der Waals surface area contributed by atoms with Crippen molar-refractivity contribution in [2.24, 2.45) is 0 Å². The molecule has 1 aromatic carbocycles. The van der Waals surface area contributed by atoms with Crippen LogP contribution in [0.2, 0.25) is 5.02 Å². The molecule has 0 aliphatic rings. The van der Waals surface area contributed by atoms with Crippen molar-refractivity contribution in [2.75, 3.05) is 7.11 Å². The second-order valence-electron chi connectivity index (χ2n) is 3.75. The highest BCUT2D eigenvalue weighted by Gasteiger charge is 2.13. The molecule has 0 atom stereocenters. The quantitative estimate of drug-likeness (QED) is 0.637. The molecule has 2 aromatic rings. The summed E-state index contributed by atoms with van der Waals surface area (Å²) in [6.45, 7) is 0.470.